The van der Waals surface area contributed by atoms with Crippen LogP contribution in [-0.2, 0) is 15.6 Å². The van der Waals surface area contributed by atoms with E-state index < -0.39 is 15.6 Å². The van der Waals surface area contributed by atoms with Gasteiger partial charge in [-0.2, -0.15) is 0 Å². The molecule has 1 aromatic rings. The van der Waals surface area contributed by atoms with Crippen molar-refractivity contribution in [1.82, 2.24) is 3.97 Å². The van der Waals surface area contributed by atoms with Gasteiger partial charge in [-0.15, -0.1) is 0 Å². The van der Waals surface area contributed by atoms with Crippen molar-refractivity contribution in [3.63, 3.8) is 0 Å². The van der Waals surface area contributed by atoms with E-state index in [4.69, 9.17) is 0 Å². The van der Waals surface area contributed by atoms with Gasteiger partial charge in [-0.1, -0.05) is 0 Å². The highest BCUT2D eigenvalue weighted by atomic mass is 32.2. The van der Waals surface area contributed by atoms with Crippen molar-refractivity contribution in [3.8, 4) is 0 Å². The van der Waals surface area contributed by atoms with Crippen LogP contribution >= 0.6 is 0 Å². The van der Waals surface area contributed by atoms with Gasteiger partial charge in [0.2, 0.25) is 10.0 Å². The fourth-order valence-electron chi connectivity index (χ4n) is 0.945. The summed E-state index contributed by atoms with van der Waals surface area (Å²) in [6.45, 7) is 3.21. The monoisotopic (exact) mass is 203 g/mol. The first-order valence-corrected chi connectivity index (χ1v) is 5.67. The molecule has 0 aliphatic rings. The zero-order chi connectivity index (χ0) is 10.3. The minimum atomic E-state index is -3.24. The van der Waals surface area contributed by atoms with Gasteiger partial charge >= 0.3 is 0 Å². The molecule has 1 N–H and O–H groups in total. The summed E-state index contributed by atoms with van der Waals surface area (Å²) >= 11 is 0. The van der Waals surface area contributed by atoms with Crippen LogP contribution in [0, 0.1) is 0 Å². The van der Waals surface area contributed by atoms with Crippen molar-refractivity contribution in [2.45, 2.75) is 19.4 Å². The highest BCUT2D eigenvalue weighted by Gasteiger charge is 2.18. The average molecular weight is 203 g/mol. The fraction of sp³-hybridized carbons (Fsp3) is 0.500. The molecule has 0 fully saturated rings. The van der Waals surface area contributed by atoms with E-state index in [0.717, 1.165) is 10.2 Å². The van der Waals surface area contributed by atoms with E-state index in [-0.39, 0.29) is 0 Å². The molecule has 1 rings (SSSR count). The molecule has 0 atom stereocenters. The molecule has 1 heterocycles. The van der Waals surface area contributed by atoms with Crippen LogP contribution in [-0.4, -0.2) is 23.8 Å². The van der Waals surface area contributed by atoms with Gasteiger partial charge in [-0.25, -0.2) is 8.42 Å². The summed E-state index contributed by atoms with van der Waals surface area (Å²) in [7, 11) is -3.24. The van der Waals surface area contributed by atoms with Crippen LogP contribution in [0.1, 0.15) is 19.4 Å². The summed E-state index contributed by atoms with van der Waals surface area (Å²) in [5.74, 6) is 0. The van der Waals surface area contributed by atoms with Gasteiger partial charge in [-0.3, -0.25) is 3.97 Å². The van der Waals surface area contributed by atoms with E-state index >= 15 is 0 Å². The standard InChI is InChI=1S/C8H13NO3S/c1-8(2,10)7-4-5-9(6-7)13(3,11)12/h4-6,10H,1-3H3. The molecular weight excluding hydrogens is 190 g/mol. The van der Waals surface area contributed by atoms with E-state index in [1.165, 1.54) is 12.4 Å². The van der Waals surface area contributed by atoms with Crippen LogP contribution in [0.4, 0.5) is 0 Å². The maximum absolute atomic E-state index is 11.1. The maximum Gasteiger partial charge on any atom is 0.235 e. The lowest BCUT2D eigenvalue weighted by Gasteiger charge is -2.14. The lowest BCUT2D eigenvalue weighted by atomic mass is 10.0. The predicted octanol–water partition coefficient (Wildman–Crippen LogP) is 0.523. The van der Waals surface area contributed by atoms with Crippen molar-refractivity contribution in [2.75, 3.05) is 6.26 Å². The van der Waals surface area contributed by atoms with Crippen LogP contribution in [0.3, 0.4) is 0 Å². The van der Waals surface area contributed by atoms with Crippen LogP contribution in [0.15, 0.2) is 18.5 Å². The van der Waals surface area contributed by atoms with E-state index in [9.17, 15) is 13.5 Å². The second-order valence-corrected chi connectivity index (χ2v) is 5.44. The average Bonchev–Trinajstić information content (AvgIpc) is 2.28. The molecule has 13 heavy (non-hydrogen) atoms. The number of aromatic nitrogens is 1. The second kappa shape index (κ2) is 2.85. The Hall–Kier alpha value is -0.810. The minimum Gasteiger partial charge on any atom is -0.386 e. The van der Waals surface area contributed by atoms with Crippen molar-refractivity contribution in [1.29, 1.82) is 0 Å². The van der Waals surface area contributed by atoms with E-state index in [2.05, 4.69) is 0 Å². The Morgan fingerprint density at radius 3 is 2.23 bits per heavy atom. The zero-order valence-electron chi connectivity index (χ0n) is 7.85. The topological polar surface area (TPSA) is 59.3 Å². The summed E-state index contributed by atoms with van der Waals surface area (Å²) in [5.41, 5.74) is -0.423. The first-order chi connectivity index (χ1) is 5.71. The molecule has 0 bridgehead atoms. The largest absolute Gasteiger partial charge is 0.386 e. The second-order valence-electron chi connectivity index (χ2n) is 3.55. The van der Waals surface area contributed by atoms with Crippen LogP contribution in [0.2, 0.25) is 0 Å². The van der Waals surface area contributed by atoms with Gasteiger partial charge in [0, 0.05) is 18.0 Å². The lowest BCUT2D eigenvalue weighted by Crippen LogP contribution is -2.15. The van der Waals surface area contributed by atoms with Crippen molar-refractivity contribution < 1.29 is 13.5 Å². The Labute approximate surface area is 77.9 Å². The number of nitrogens with zero attached hydrogens (tertiary/aromatic N) is 1. The van der Waals surface area contributed by atoms with Crippen LogP contribution < -0.4 is 0 Å². The molecule has 5 heteroatoms. The van der Waals surface area contributed by atoms with Crippen molar-refractivity contribution in [3.05, 3.63) is 24.0 Å². The Balaban J connectivity index is 3.16. The van der Waals surface area contributed by atoms with Crippen molar-refractivity contribution >= 4 is 10.0 Å². The number of aliphatic hydroxyl groups is 1. The lowest BCUT2D eigenvalue weighted by molar-refractivity contribution is 0.0787. The van der Waals surface area contributed by atoms with Gasteiger partial charge in [0.05, 0.1) is 11.9 Å². The third-order valence-electron chi connectivity index (χ3n) is 1.76. The molecule has 1 aromatic heterocycles. The number of hydrogen-bond donors (Lipinski definition) is 1. The summed E-state index contributed by atoms with van der Waals surface area (Å²) in [6, 6.07) is 1.58. The van der Waals surface area contributed by atoms with Gasteiger partial charge in [0.1, 0.15) is 0 Å². The van der Waals surface area contributed by atoms with Crippen LogP contribution in [0.5, 0.6) is 0 Å². The molecule has 0 saturated heterocycles. The number of hydrogen-bond acceptors (Lipinski definition) is 3. The summed E-state index contributed by atoms with van der Waals surface area (Å²) in [4.78, 5) is 0. The fourth-order valence-corrected chi connectivity index (χ4v) is 1.53. The quantitative estimate of drug-likeness (QED) is 0.762. The van der Waals surface area contributed by atoms with Gasteiger partial charge in [0.25, 0.3) is 0 Å². The summed E-state index contributed by atoms with van der Waals surface area (Å²) in [5, 5.41) is 9.56. The first-order valence-electron chi connectivity index (χ1n) is 3.82. The van der Waals surface area contributed by atoms with Crippen LogP contribution in [0.25, 0.3) is 0 Å². The summed E-state index contributed by atoms with van der Waals surface area (Å²) < 4.78 is 23.2. The molecule has 0 aliphatic carbocycles. The predicted molar refractivity (Wildman–Crippen MR) is 49.9 cm³/mol. The van der Waals surface area contributed by atoms with Crippen molar-refractivity contribution in [2.24, 2.45) is 0 Å². The molecular formula is C8H13NO3S. The minimum absolute atomic E-state index is 0.581. The van der Waals surface area contributed by atoms with Gasteiger partial charge in [-0.05, 0) is 19.9 Å². The molecule has 74 valence electrons. The van der Waals surface area contributed by atoms with Gasteiger partial charge in [0.15, 0.2) is 0 Å². The maximum atomic E-state index is 11.1. The Morgan fingerprint density at radius 1 is 1.46 bits per heavy atom. The highest BCUT2D eigenvalue weighted by Crippen LogP contribution is 2.19. The molecule has 0 spiro atoms. The normalized spacial score (nSPS) is 13.2. The SMILES string of the molecule is CC(C)(O)c1ccn(S(C)(=O)=O)c1. The third-order valence-corrected chi connectivity index (χ3v) is 2.75. The Kier molecular flexibility index (Phi) is 2.25. The van der Waals surface area contributed by atoms with E-state index in [1.54, 1.807) is 19.9 Å². The Bertz CT molecular complexity index is 397. The highest BCUT2D eigenvalue weighted by molar-refractivity contribution is 7.89. The molecule has 0 radical (unpaired) electrons. The smallest absolute Gasteiger partial charge is 0.235 e. The molecule has 0 aromatic carbocycles. The third kappa shape index (κ3) is 2.32. The summed E-state index contributed by atoms with van der Waals surface area (Å²) in [6.07, 6.45) is 3.94. The van der Waals surface area contributed by atoms with E-state index in [0.29, 0.717) is 5.56 Å². The molecule has 0 amide bonds. The molecule has 0 saturated carbocycles. The molecule has 0 unspecified atom stereocenters. The van der Waals surface area contributed by atoms with E-state index in [1.807, 2.05) is 0 Å². The molecule has 0 aliphatic heterocycles. The van der Waals surface area contributed by atoms with Gasteiger partial charge < -0.3 is 5.11 Å². The number of rotatable bonds is 2. The first kappa shape index (κ1) is 10.3. The Morgan fingerprint density at radius 2 is 2.00 bits per heavy atom. The molecule has 4 nitrogen and oxygen atoms in total. The zero-order valence-corrected chi connectivity index (χ0v) is 8.67.